The van der Waals surface area contributed by atoms with Gasteiger partial charge >= 0.3 is 0 Å². The molecule has 190 valence electrons. The number of fused-ring (bicyclic) bond motifs is 4. The fourth-order valence-corrected chi connectivity index (χ4v) is 5.45. The van der Waals surface area contributed by atoms with Gasteiger partial charge in [-0.2, -0.15) is 0 Å². The van der Waals surface area contributed by atoms with Crippen LogP contribution in [0.4, 0.5) is 0 Å². The number of aromatic nitrogens is 2. The summed E-state index contributed by atoms with van der Waals surface area (Å²) in [6.45, 7) is 2.74. The van der Waals surface area contributed by atoms with Crippen molar-refractivity contribution in [2.75, 3.05) is 0 Å². The topological polar surface area (TPSA) is 38.1 Å². The molecule has 40 heavy (non-hydrogen) atoms. The Kier molecular flexibility index (Phi) is 6.10. The molecule has 0 fully saturated rings. The van der Waals surface area contributed by atoms with Gasteiger partial charge in [0.25, 0.3) is 0 Å². The van der Waals surface area contributed by atoms with E-state index in [0.717, 1.165) is 49.7 Å². The van der Waals surface area contributed by atoms with Gasteiger partial charge in [-0.3, -0.25) is 9.98 Å². The number of rotatable bonds is 4. The summed E-state index contributed by atoms with van der Waals surface area (Å²) >= 11 is 0. The van der Waals surface area contributed by atoms with E-state index < -0.39 is 0 Å². The molecule has 0 aliphatic heterocycles. The minimum Gasteiger partial charge on any atom is -0.280 e. The Labute approximate surface area is 233 Å². The monoisotopic (exact) mass is 513 g/mol. The summed E-state index contributed by atoms with van der Waals surface area (Å²) in [5.74, 6) is 0. The molecule has 2 heterocycles. The van der Waals surface area contributed by atoms with E-state index in [2.05, 4.69) is 127 Å². The smallest absolute Gasteiger partial charge is 0.0780 e. The third-order valence-corrected chi connectivity index (χ3v) is 7.52. The van der Waals surface area contributed by atoms with Crippen LogP contribution in [0.1, 0.15) is 18.1 Å². The highest BCUT2D eigenvalue weighted by molar-refractivity contribution is 6.15. The van der Waals surface area contributed by atoms with Gasteiger partial charge in [0.15, 0.2) is 0 Å². The first-order valence-electron chi connectivity index (χ1n) is 13.6. The lowest BCUT2D eigenvalue weighted by molar-refractivity contribution is 1.07. The molecule has 0 saturated carbocycles. The highest BCUT2D eigenvalue weighted by Crippen LogP contribution is 2.34. The normalized spacial score (nSPS) is 15.4. The summed E-state index contributed by atoms with van der Waals surface area (Å²) in [4.78, 5) is 14.6. The van der Waals surface area contributed by atoms with Crippen LogP contribution in [-0.2, 0) is 6.54 Å². The Balaban J connectivity index is 1.22. The first-order chi connectivity index (χ1) is 19.8. The van der Waals surface area contributed by atoms with Gasteiger partial charge in [0.05, 0.1) is 29.0 Å². The molecule has 1 aliphatic carbocycles. The van der Waals surface area contributed by atoms with Gasteiger partial charge in [-0.15, -0.1) is 0 Å². The van der Waals surface area contributed by atoms with E-state index >= 15 is 0 Å². The summed E-state index contributed by atoms with van der Waals surface area (Å²) in [7, 11) is 0. The minimum absolute atomic E-state index is 0.675. The SMILES string of the molecule is C/C=C1/C=C(c2ccc3nc(-c4cc5cccnc5c5ccccc45)ccc3c2)C=C/C1=N/Cc1ccccc1. The van der Waals surface area contributed by atoms with Crippen molar-refractivity contribution in [2.45, 2.75) is 13.5 Å². The number of pyridine rings is 2. The zero-order valence-corrected chi connectivity index (χ0v) is 22.3. The average molecular weight is 514 g/mol. The third kappa shape index (κ3) is 4.42. The van der Waals surface area contributed by atoms with Crippen molar-refractivity contribution in [1.29, 1.82) is 0 Å². The van der Waals surface area contributed by atoms with Crippen LogP contribution in [-0.4, -0.2) is 15.7 Å². The van der Waals surface area contributed by atoms with Gasteiger partial charge in [0, 0.05) is 27.9 Å². The second-order valence-corrected chi connectivity index (χ2v) is 10.0. The van der Waals surface area contributed by atoms with E-state index in [-0.39, 0.29) is 0 Å². The summed E-state index contributed by atoms with van der Waals surface area (Å²) in [6.07, 6.45) is 10.5. The van der Waals surface area contributed by atoms with Crippen molar-refractivity contribution in [1.82, 2.24) is 9.97 Å². The van der Waals surface area contributed by atoms with E-state index in [4.69, 9.17) is 9.98 Å². The quantitative estimate of drug-likeness (QED) is 0.220. The molecule has 2 aromatic heterocycles. The van der Waals surface area contributed by atoms with E-state index in [9.17, 15) is 0 Å². The molecule has 3 heteroatoms. The van der Waals surface area contributed by atoms with Crippen molar-refractivity contribution in [3.63, 3.8) is 0 Å². The summed E-state index contributed by atoms with van der Waals surface area (Å²) in [5, 5.41) is 4.55. The lowest BCUT2D eigenvalue weighted by atomic mass is 9.93. The van der Waals surface area contributed by atoms with Gasteiger partial charge in [0.1, 0.15) is 0 Å². The maximum Gasteiger partial charge on any atom is 0.0780 e. The van der Waals surface area contributed by atoms with Crippen molar-refractivity contribution in [3.8, 4) is 11.3 Å². The molecule has 6 aromatic rings. The number of allylic oxidation sites excluding steroid dienone is 6. The highest BCUT2D eigenvalue weighted by Gasteiger charge is 2.13. The van der Waals surface area contributed by atoms with Crippen LogP contribution in [0.15, 0.2) is 144 Å². The van der Waals surface area contributed by atoms with Crippen LogP contribution in [0.2, 0.25) is 0 Å². The molecule has 1 aliphatic rings. The Hall–Kier alpha value is -5.15. The first kappa shape index (κ1) is 23.9. The molecule has 0 bridgehead atoms. The molecule has 7 rings (SSSR count). The molecule has 3 nitrogen and oxygen atoms in total. The van der Waals surface area contributed by atoms with Gasteiger partial charge in [0.2, 0.25) is 0 Å². The molecule has 0 saturated heterocycles. The zero-order valence-electron chi connectivity index (χ0n) is 22.3. The van der Waals surface area contributed by atoms with Gasteiger partial charge < -0.3 is 0 Å². The molecule has 0 N–H and O–H groups in total. The number of benzene rings is 4. The maximum atomic E-state index is 5.10. The van der Waals surface area contributed by atoms with Crippen molar-refractivity contribution in [2.24, 2.45) is 4.99 Å². The highest BCUT2D eigenvalue weighted by atomic mass is 14.7. The van der Waals surface area contributed by atoms with Crippen molar-refractivity contribution < 1.29 is 0 Å². The van der Waals surface area contributed by atoms with E-state index in [1.54, 1.807) is 0 Å². The van der Waals surface area contributed by atoms with Gasteiger partial charge in [-0.1, -0.05) is 84.9 Å². The second-order valence-electron chi connectivity index (χ2n) is 10.0. The minimum atomic E-state index is 0.675. The molecule has 0 atom stereocenters. The predicted molar refractivity (Wildman–Crippen MR) is 168 cm³/mol. The van der Waals surface area contributed by atoms with Gasteiger partial charge in [-0.25, -0.2) is 4.98 Å². The number of aliphatic imine (C=N–C) groups is 1. The number of nitrogens with zero attached hydrogens (tertiary/aromatic N) is 3. The molecule has 4 aromatic carbocycles. The number of hydrogen-bond acceptors (Lipinski definition) is 3. The van der Waals surface area contributed by atoms with Crippen LogP contribution in [0.3, 0.4) is 0 Å². The Morgan fingerprint density at radius 1 is 0.750 bits per heavy atom. The standard InChI is InChI=1S/C37H27N3/c1-2-26-21-27(14-17-34(26)39-24-25-9-4-3-5-10-25)28-15-18-35-29(22-28)16-19-36(40-35)33-23-30-11-8-20-38-37(30)32-13-7-6-12-31(32)33/h2-23H,24H2,1H3/b26-2-,39-34-. The molecule has 0 radical (unpaired) electrons. The van der Waals surface area contributed by atoms with E-state index in [1.165, 1.54) is 22.1 Å². The van der Waals surface area contributed by atoms with E-state index in [0.29, 0.717) is 6.54 Å². The predicted octanol–water partition coefficient (Wildman–Crippen LogP) is 9.14. The molecule has 0 unspecified atom stereocenters. The van der Waals surface area contributed by atoms with Crippen molar-refractivity contribution >= 4 is 43.9 Å². The Morgan fingerprint density at radius 2 is 1.60 bits per heavy atom. The summed E-state index contributed by atoms with van der Waals surface area (Å²) in [5.41, 5.74) is 9.80. The largest absolute Gasteiger partial charge is 0.280 e. The average Bonchev–Trinajstić information content (AvgIpc) is 3.03. The summed E-state index contributed by atoms with van der Waals surface area (Å²) < 4.78 is 0. The number of hydrogen-bond donors (Lipinski definition) is 0. The zero-order chi connectivity index (χ0) is 26.9. The Morgan fingerprint density at radius 3 is 2.48 bits per heavy atom. The third-order valence-electron chi connectivity index (χ3n) is 7.52. The lowest BCUT2D eigenvalue weighted by Crippen LogP contribution is -2.03. The van der Waals surface area contributed by atoms with Gasteiger partial charge in [-0.05, 0) is 77.1 Å². The van der Waals surface area contributed by atoms with Crippen LogP contribution < -0.4 is 0 Å². The first-order valence-corrected chi connectivity index (χ1v) is 13.6. The van der Waals surface area contributed by atoms with Crippen LogP contribution >= 0.6 is 0 Å². The molecular formula is C37H27N3. The fourth-order valence-electron chi connectivity index (χ4n) is 5.45. The lowest BCUT2D eigenvalue weighted by Gasteiger charge is -2.14. The van der Waals surface area contributed by atoms with Crippen LogP contribution in [0, 0.1) is 0 Å². The molecule has 0 spiro atoms. The maximum absolute atomic E-state index is 5.10. The van der Waals surface area contributed by atoms with Crippen LogP contribution in [0.5, 0.6) is 0 Å². The molecule has 0 amide bonds. The van der Waals surface area contributed by atoms with Crippen LogP contribution in [0.25, 0.3) is 49.4 Å². The van der Waals surface area contributed by atoms with Crippen molar-refractivity contribution in [3.05, 3.63) is 150 Å². The fraction of sp³-hybridized carbons (Fsp3) is 0.0541. The second kappa shape index (κ2) is 10.2. The Bertz CT molecular complexity index is 2030. The van der Waals surface area contributed by atoms with E-state index in [1.807, 2.05) is 18.3 Å². The molecular weight excluding hydrogens is 486 g/mol. The summed E-state index contributed by atoms with van der Waals surface area (Å²) in [6, 6.07) is 36.0.